The van der Waals surface area contributed by atoms with Crippen LogP contribution >= 0.6 is 0 Å². The summed E-state index contributed by atoms with van der Waals surface area (Å²) in [6, 6.07) is -0.114. The second-order valence-electron chi connectivity index (χ2n) is 6.87. The van der Waals surface area contributed by atoms with Gasteiger partial charge in [-0.1, -0.05) is 19.3 Å². The fourth-order valence-electron chi connectivity index (χ4n) is 3.67. The van der Waals surface area contributed by atoms with E-state index in [1.165, 1.54) is 6.42 Å². The normalized spacial score (nSPS) is 21.8. The Balaban J connectivity index is 1.52. The highest BCUT2D eigenvalue weighted by Crippen LogP contribution is 2.20. The van der Waals surface area contributed by atoms with Crippen LogP contribution in [0.25, 0.3) is 0 Å². The molecule has 3 rings (SSSR count). The van der Waals surface area contributed by atoms with Crippen LogP contribution in [0.2, 0.25) is 0 Å². The van der Waals surface area contributed by atoms with Crippen LogP contribution < -0.4 is 16.0 Å². The zero-order valence-corrected chi connectivity index (χ0v) is 14.8. The molecule has 1 saturated carbocycles. The van der Waals surface area contributed by atoms with Crippen molar-refractivity contribution < 1.29 is 9.59 Å². The molecule has 1 aliphatic carbocycles. The van der Waals surface area contributed by atoms with Gasteiger partial charge in [0.2, 0.25) is 5.91 Å². The van der Waals surface area contributed by atoms with Gasteiger partial charge in [-0.15, -0.1) is 0 Å². The van der Waals surface area contributed by atoms with E-state index in [4.69, 9.17) is 0 Å². The predicted octanol–water partition coefficient (Wildman–Crippen LogP) is 0.525. The van der Waals surface area contributed by atoms with Crippen molar-refractivity contribution in [1.82, 2.24) is 30.4 Å². The van der Waals surface area contributed by atoms with Crippen molar-refractivity contribution >= 4 is 11.9 Å². The van der Waals surface area contributed by atoms with Gasteiger partial charge in [-0.25, -0.2) is 9.78 Å². The van der Waals surface area contributed by atoms with Gasteiger partial charge in [0.1, 0.15) is 11.9 Å². The Bertz CT molecular complexity index is 596. The highest BCUT2D eigenvalue weighted by atomic mass is 16.2. The van der Waals surface area contributed by atoms with Gasteiger partial charge in [-0.2, -0.15) is 0 Å². The Morgan fingerprint density at radius 3 is 2.84 bits per heavy atom. The molecule has 0 spiro atoms. The number of nitrogens with zero attached hydrogens (tertiary/aromatic N) is 3. The topological polar surface area (TPSA) is 91.3 Å². The van der Waals surface area contributed by atoms with Crippen LogP contribution in [0.3, 0.4) is 0 Å². The summed E-state index contributed by atoms with van der Waals surface area (Å²) in [5.74, 6) is 0.778. The third kappa shape index (κ3) is 4.50. The molecule has 2 aliphatic rings. The Hall–Kier alpha value is -2.09. The molecule has 1 unspecified atom stereocenters. The maximum absolute atomic E-state index is 12.6. The van der Waals surface area contributed by atoms with Crippen molar-refractivity contribution in [2.24, 2.45) is 7.05 Å². The number of aryl methyl sites for hydroxylation is 1. The molecule has 3 N–H and O–H groups in total. The zero-order chi connectivity index (χ0) is 17.6. The predicted molar refractivity (Wildman–Crippen MR) is 93.9 cm³/mol. The fraction of sp³-hybridized carbons (Fsp3) is 0.706. The van der Waals surface area contributed by atoms with E-state index in [9.17, 15) is 9.59 Å². The molecule has 8 nitrogen and oxygen atoms in total. The number of amides is 3. The third-order valence-electron chi connectivity index (χ3n) is 5.06. The monoisotopic (exact) mass is 348 g/mol. The number of piperazine rings is 1. The third-order valence-corrected chi connectivity index (χ3v) is 5.06. The number of carbonyl (C=O) groups is 2. The molecule has 1 aromatic heterocycles. The van der Waals surface area contributed by atoms with Gasteiger partial charge in [-0.3, -0.25) is 4.79 Å². The molecule has 3 amide bonds. The summed E-state index contributed by atoms with van der Waals surface area (Å²) in [4.78, 5) is 30.9. The number of nitrogens with one attached hydrogen (secondary N) is 3. The number of rotatable bonds is 4. The van der Waals surface area contributed by atoms with Gasteiger partial charge < -0.3 is 25.4 Å². The lowest BCUT2D eigenvalue weighted by Crippen LogP contribution is -2.53. The van der Waals surface area contributed by atoms with Crippen molar-refractivity contribution in [3.63, 3.8) is 0 Å². The van der Waals surface area contributed by atoms with Gasteiger partial charge in [-0.05, 0) is 12.8 Å². The van der Waals surface area contributed by atoms with Gasteiger partial charge in [0.25, 0.3) is 0 Å². The van der Waals surface area contributed by atoms with E-state index < -0.39 is 0 Å². The van der Waals surface area contributed by atoms with E-state index in [1.807, 2.05) is 17.8 Å². The Labute approximate surface area is 148 Å². The molecule has 0 bridgehead atoms. The van der Waals surface area contributed by atoms with Crippen LogP contribution in [0, 0.1) is 0 Å². The second-order valence-corrected chi connectivity index (χ2v) is 6.87. The first-order valence-electron chi connectivity index (χ1n) is 9.17. The summed E-state index contributed by atoms with van der Waals surface area (Å²) in [7, 11) is 1.93. The van der Waals surface area contributed by atoms with Gasteiger partial charge >= 0.3 is 6.03 Å². The molecule has 25 heavy (non-hydrogen) atoms. The Morgan fingerprint density at radius 2 is 2.12 bits per heavy atom. The van der Waals surface area contributed by atoms with E-state index in [2.05, 4.69) is 20.9 Å². The molecule has 1 aromatic rings. The number of imidazole rings is 1. The number of urea groups is 1. The molecule has 2 heterocycles. The maximum atomic E-state index is 12.6. The standard InChI is InChI=1S/C17H28N6O2/c1-22-9-8-19-16(22)14-11-18-7-10-23(14)15(24)12-20-17(25)21-13-5-3-2-4-6-13/h8-9,13-14,18H,2-7,10-12H2,1H3,(H2,20,21,25). The van der Waals surface area contributed by atoms with Crippen LogP contribution in [0.5, 0.6) is 0 Å². The highest BCUT2D eigenvalue weighted by molar-refractivity contribution is 5.84. The molecule has 1 aliphatic heterocycles. The number of carbonyl (C=O) groups excluding carboxylic acids is 2. The van der Waals surface area contributed by atoms with Gasteiger partial charge in [0.15, 0.2) is 0 Å². The van der Waals surface area contributed by atoms with E-state index >= 15 is 0 Å². The van der Waals surface area contributed by atoms with Crippen LogP contribution in [0.4, 0.5) is 4.79 Å². The number of aromatic nitrogens is 2. The fourth-order valence-corrected chi connectivity index (χ4v) is 3.67. The summed E-state index contributed by atoms with van der Waals surface area (Å²) >= 11 is 0. The number of hydrogen-bond acceptors (Lipinski definition) is 4. The molecular weight excluding hydrogens is 320 g/mol. The van der Waals surface area contributed by atoms with E-state index in [-0.39, 0.29) is 30.6 Å². The van der Waals surface area contributed by atoms with Crippen molar-refractivity contribution in [3.8, 4) is 0 Å². The molecule has 0 radical (unpaired) electrons. The molecule has 8 heteroatoms. The summed E-state index contributed by atoms with van der Waals surface area (Å²) in [6.45, 7) is 2.05. The molecule has 138 valence electrons. The lowest BCUT2D eigenvalue weighted by Gasteiger charge is -2.35. The first-order valence-corrected chi connectivity index (χ1v) is 9.17. The van der Waals surface area contributed by atoms with Crippen LogP contribution in [-0.2, 0) is 11.8 Å². The second kappa shape index (κ2) is 8.33. The summed E-state index contributed by atoms with van der Waals surface area (Å²) in [5.41, 5.74) is 0. The van der Waals surface area contributed by atoms with Gasteiger partial charge in [0.05, 0.1) is 6.54 Å². The smallest absolute Gasteiger partial charge is 0.315 e. The molecular formula is C17H28N6O2. The maximum Gasteiger partial charge on any atom is 0.315 e. The highest BCUT2D eigenvalue weighted by Gasteiger charge is 2.30. The van der Waals surface area contributed by atoms with Crippen LogP contribution in [0.1, 0.15) is 44.0 Å². The SMILES string of the molecule is Cn1ccnc1C1CNCCN1C(=O)CNC(=O)NC1CCCCC1. The number of hydrogen-bond donors (Lipinski definition) is 3. The molecule has 1 atom stereocenters. The lowest BCUT2D eigenvalue weighted by molar-refractivity contribution is -0.133. The molecule has 1 saturated heterocycles. The minimum Gasteiger partial charge on any atom is -0.336 e. The average Bonchev–Trinajstić information content (AvgIpc) is 3.06. The van der Waals surface area contributed by atoms with Crippen molar-refractivity contribution in [2.45, 2.75) is 44.2 Å². The largest absolute Gasteiger partial charge is 0.336 e. The Morgan fingerprint density at radius 1 is 1.32 bits per heavy atom. The quantitative estimate of drug-likeness (QED) is 0.740. The summed E-state index contributed by atoms with van der Waals surface area (Å²) in [6.07, 6.45) is 9.24. The van der Waals surface area contributed by atoms with Gasteiger partial charge in [0, 0.05) is 45.1 Å². The van der Waals surface area contributed by atoms with Crippen LogP contribution in [0.15, 0.2) is 12.4 Å². The van der Waals surface area contributed by atoms with Crippen molar-refractivity contribution in [3.05, 3.63) is 18.2 Å². The average molecular weight is 348 g/mol. The van der Waals surface area contributed by atoms with E-state index in [1.54, 1.807) is 11.1 Å². The first kappa shape index (κ1) is 17.7. The molecule has 0 aromatic carbocycles. The van der Waals surface area contributed by atoms with Crippen molar-refractivity contribution in [1.29, 1.82) is 0 Å². The van der Waals surface area contributed by atoms with E-state index in [0.717, 1.165) is 38.1 Å². The minimum absolute atomic E-state index is 0.0134. The van der Waals surface area contributed by atoms with Crippen LogP contribution in [-0.4, -0.2) is 58.6 Å². The minimum atomic E-state index is -0.246. The lowest BCUT2D eigenvalue weighted by atomic mass is 9.96. The zero-order valence-electron chi connectivity index (χ0n) is 14.8. The Kier molecular flexibility index (Phi) is 5.91. The summed E-state index contributed by atoms with van der Waals surface area (Å²) < 4.78 is 1.93. The summed E-state index contributed by atoms with van der Waals surface area (Å²) in [5, 5.41) is 9.00. The van der Waals surface area contributed by atoms with Crippen molar-refractivity contribution in [2.75, 3.05) is 26.2 Å². The van der Waals surface area contributed by atoms with E-state index in [0.29, 0.717) is 13.1 Å². The first-order chi connectivity index (χ1) is 12.1. The molecule has 2 fully saturated rings.